The molecule has 1 saturated heterocycles. The standard InChI is InChI=1S/C13H16N2O2S/c1-10-2-3-13(11(8-10)9-14)15-12-4-6-18(16,17)7-5-12/h2-3,8,12,15H,4-7H2,1H3. The molecule has 1 aromatic carbocycles. The van der Waals surface area contributed by atoms with Gasteiger partial charge in [-0.25, -0.2) is 8.42 Å². The van der Waals surface area contributed by atoms with Crippen LogP contribution in [-0.2, 0) is 9.84 Å². The molecule has 2 rings (SSSR count). The summed E-state index contributed by atoms with van der Waals surface area (Å²) in [5, 5.41) is 12.3. The third-order valence-corrected chi connectivity index (χ3v) is 4.93. The van der Waals surface area contributed by atoms with Crippen LogP contribution in [0.3, 0.4) is 0 Å². The zero-order valence-electron chi connectivity index (χ0n) is 10.3. The van der Waals surface area contributed by atoms with Gasteiger partial charge < -0.3 is 5.32 Å². The van der Waals surface area contributed by atoms with Gasteiger partial charge in [0.25, 0.3) is 0 Å². The van der Waals surface area contributed by atoms with Gasteiger partial charge in [0.2, 0.25) is 0 Å². The second-order valence-electron chi connectivity index (χ2n) is 4.73. The molecule has 5 heteroatoms. The Morgan fingerprint density at radius 3 is 2.61 bits per heavy atom. The first-order valence-corrected chi connectivity index (χ1v) is 7.80. The van der Waals surface area contributed by atoms with Gasteiger partial charge in [-0.1, -0.05) is 6.07 Å². The highest BCUT2D eigenvalue weighted by Gasteiger charge is 2.23. The fourth-order valence-electron chi connectivity index (χ4n) is 2.13. The summed E-state index contributed by atoms with van der Waals surface area (Å²) < 4.78 is 22.7. The van der Waals surface area contributed by atoms with Crippen molar-refractivity contribution in [2.45, 2.75) is 25.8 Å². The van der Waals surface area contributed by atoms with Gasteiger partial charge in [-0.2, -0.15) is 5.26 Å². The molecule has 0 radical (unpaired) electrons. The Morgan fingerprint density at radius 1 is 1.33 bits per heavy atom. The van der Waals surface area contributed by atoms with Crippen LogP contribution in [0.4, 0.5) is 5.69 Å². The molecule has 1 aliphatic heterocycles. The summed E-state index contributed by atoms with van der Waals surface area (Å²) in [6, 6.07) is 7.97. The lowest BCUT2D eigenvalue weighted by atomic mass is 10.1. The average Bonchev–Trinajstić information content (AvgIpc) is 2.34. The molecule has 1 aromatic rings. The van der Waals surface area contributed by atoms with Crippen LogP contribution in [0.5, 0.6) is 0 Å². The van der Waals surface area contributed by atoms with Crippen molar-refractivity contribution in [1.82, 2.24) is 0 Å². The highest BCUT2D eigenvalue weighted by atomic mass is 32.2. The highest BCUT2D eigenvalue weighted by molar-refractivity contribution is 7.91. The molecule has 4 nitrogen and oxygen atoms in total. The molecule has 96 valence electrons. The molecule has 1 aliphatic rings. The Labute approximate surface area is 108 Å². The number of hydrogen-bond acceptors (Lipinski definition) is 4. The monoisotopic (exact) mass is 264 g/mol. The van der Waals surface area contributed by atoms with E-state index in [9.17, 15) is 8.42 Å². The number of benzene rings is 1. The number of nitrogens with one attached hydrogen (secondary N) is 1. The van der Waals surface area contributed by atoms with Crippen LogP contribution in [0.2, 0.25) is 0 Å². The minimum atomic E-state index is -2.84. The number of hydrogen-bond donors (Lipinski definition) is 1. The maximum atomic E-state index is 11.3. The molecule has 0 bridgehead atoms. The van der Waals surface area contributed by atoms with Crippen molar-refractivity contribution >= 4 is 15.5 Å². The molecule has 0 atom stereocenters. The molecule has 1 N–H and O–H groups in total. The summed E-state index contributed by atoms with van der Waals surface area (Å²) in [4.78, 5) is 0. The van der Waals surface area contributed by atoms with Crippen LogP contribution in [0, 0.1) is 18.3 Å². The van der Waals surface area contributed by atoms with E-state index in [0.717, 1.165) is 11.3 Å². The van der Waals surface area contributed by atoms with Crippen LogP contribution in [-0.4, -0.2) is 26.0 Å². The highest BCUT2D eigenvalue weighted by Crippen LogP contribution is 2.21. The topological polar surface area (TPSA) is 70.0 Å². The van der Waals surface area contributed by atoms with Gasteiger partial charge in [-0.05, 0) is 37.5 Å². The van der Waals surface area contributed by atoms with E-state index in [0.29, 0.717) is 18.4 Å². The molecular formula is C13H16N2O2S. The molecule has 1 heterocycles. The largest absolute Gasteiger partial charge is 0.381 e. The fraction of sp³-hybridized carbons (Fsp3) is 0.462. The summed E-state index contributed by atoms with van der Waals surface area (Å²) in [7, 11) is -2.84. The van der Waals surface area contributed by atoms with E-state index in [2.05, 4.69) is 11.4 Å². The summed E-state index contributed by atoms with van der Waals surface area (Å²) in [6.45, 7) is 1.94. The molecule has 0 spiro atoms. The van der Waals surface area contributed by atoms with Crippen LogP contribution < -0.4 is 5.32 Å². The van der Waals surface area contributed by atoms with Gasteiger partial charge in [0.15, 0.2) is 0 Å². The minimum absolute atomic E-state index is 0.142. The molecular weight excluding hydrogens is 248 g/mol. The van der Waals surface area contributed by atoms with Crippen LogP contribution in [0.1, 0.15) is 24.0 Å². The predicted molar refractivity (Wildman–Crippen MR) is 71.2 cm³/mol. The van der Waals surface area contributed by atoms with Crippen LogP contribution in [0.15, 0.2) is 18.2 Å². The Balaban J connectivity index is 2.09. The number of aryl methyl sites for hydroxylation is 1. The summed E-state index contributed by atoms with van der Waals surface area (Å²) in [5.74, 6) is 0.469. The Kier molecular flexibility index (Phi) is 3.58. The van der Waals surface area contributed by atoms with E-state index < -0.39 is 9.84 Å². The summed E-state index contributed by atoms with van der Waals surface area (Å²) in [5.41, 5.74) is 2.46. The molecule has 0 unspecified atom stereocenters. The smallest absolute Gasteiger partial charge is 0.150 e. The molecule has 1 fully saturated rings. The van der Waals surface area contributed by atoms with Crippen molar-refractivity contribution in [1.29, 1.82) is 5.26 Å². The zero-order chi connectivity index (χ0) is 13.2. The normalized spacial score (nSPS) is 19.1. The maximum absolute atomic E-state index is 11.3. The number of nitriles is 1. The minimum Gasteiger partial charge on any atom is -0.381 e. The number of rotatable bonds is 2. The second kappa shape index (κ2) is 4.99. The number of sulfone groups is 1. The third-order valence-electron chi connectivity index (χ3n) is 3.21. The van der Waals surface area contributed by atoms with Crippen molar-refractivity contribution < 1.29 is 8.42 Å². The lowest BCUT2D eigenvalue weighted by Gasteiger charge is -2.24. The fourth-order valence-corrected chi connectivity index (χ4v) is 3.62. The Bertz CT molecular complexity index is 573. The van der Waals surface area contributed by atoms with Gasteiger partial charge in [0.1, 0.15) is 15.9 Å². The number of anilines is 1. The third kappa shape index (κ3) is 3.02. The first-order chi connectivity index (χ1) is 8.50. The van der Waals surface area contributed by atoms with Gasteiger partial charge in [-0.15, -0.1) is 0 Å². The maximum Gasteiger partial charge on any atom is 0.150 e. The van der Waals surface area contributed by atoms with E-state index in [1.807, 2.05) is 25.1 Å². The first kappa shape index (κ1) is 12.9. The first-order valence-electron chi connectivity index (χ1n) is 5.98. The van der Waals surface area contributed by atoms with E-state index in [1.54, 1.807) is 0 Å². The second-order valence-corrected chi connectivity index (χ2v) is 7.03. The van der Waals surface area contributed by atoms with Crippen molar-refractivity contribution in [3.63, 3.8) is 0 Å². The average molecular weight is 264 g/mol. The van der Waals surface area contributed by atoms with E-state index in [-0.39, 0.29) is 17.5 Å². The van der Waals surface area contributed by atoms with Gasteiger partial charge in [0, 0.05) is 6.04 Å². The quantitative estimate of drug-likeness (QED) is 0.885. The molecule has 0 aliphatic carbocycles. The molecule has 0 aromatic heterocycles. The van der Waals surface area contributed by atoms with Crippen molar-refractivity contribution in [2.24, 2.45) is 0 Å². The van der Waals surface area contributed by atoms with Crippen molar-refractivity contribution in [2.75, 3.05) is 16.8 Å². The molecule has 18 heavy (non-hydrogen) atoms. The van der Waals surface area contributed by atoms with Gasteiger partial charge in [0.05, 0.1) is 22.8 Å². The van der Waals surface area contributed by atoms with E-state index in [1.165, 1.54) is 0 Å². The summed E-state index contributed by atoms with van der Waals surface area (Å²) >= 11 is 0. The lowest BCUT2D eigenvalue weighted by molar-refractivity contribution is 0.559. The van der Waals surface area contributed by atoms with E-state index in [4.69, 9.17) is 5.26 Å². The number of nitrogens with zero attached hydrogens (tertiary/aromatic N) is 1. The molecule has 0 saturated carbocycles. The Morgan fingerprint density at radius 2 is 2.00 bits per heavy atom. The SMILES string of the molecule is Cc1ccc(NC2CCS(=O)(=O)CC2)c(C#N)c1. The summed E-state index contributed by atoms with van der Waals surface area (Å²) in [6.07, 6.45) is 1.22. The Hall–Kier alpha value is -1.54. The van der Waals surface area contributed by atoms with Gasteiger partial charge in [-0.3, -0.25) is 0 Å². The van der Waals surface area contributed by atoms with Crippen LogP contribution >= 0.6 is 0 Å². The van der Waals surface area contributed by atoms with Gasteiger partial charge >= 0.3 is 0 Å². The lowest BCUT2D eigenvalue weighted by Crippen LogP contribution is -2.32. The predicted octanol–water partition coefficient (Wildman–Crippen LogP) is 1.86. The molecule has 0 amide bonds. The van der Waals surface area contributed by atoms with Crippen molar-refractivity contribution in [3.8, 4) is 6.07 Å². The van der Waals surface area contributed by atoms with Crippen molar-refractivity contribution in [3.05, 3.63) is 29.3 Å². The van der Waals surface area contributed by atoms with Crippen LogP contribution in [0.25, 0.3) is 0 Å². The zero-order valence-corrected chi connectivity index (χ0v) is 11.1. The van der Waals surface area contributed by atoms with E-state index >= 15 is 0 Å².